The number of unbranched alkanes of at least 4 members (excludes halogenated alkanes) is 1. The van der Waals surface area contributed by atoms with Crippen molar-refractivity contribution in [1.82, 2.24) is 94.5 Å². The monoisotopic (exact) mass is 1890 g/mol. The molecular weight excluding hydrogens is 1750 g/mol. The number of hydrogen-bond donors (Lipinski definition) is 25. The third-order valence-corrected chi connectivity index (χ3v) is 22.1. The van der Waals surface area contributed by atoms with Gasteiger partial charge in [0.05, 0.1) is 44.9 Å². The normalized spacial score (nSPS) is 17.8. The third kappa shape index (κ3) is 39.3. The summed E-state index contributed by atoms with van der Waals surface area (Å²) in [5, 5.41) is 86.5. The fourth-order valence-corrected chi connectivity index (χ4v) is 14.7. The number of rotatable bonds is 57. The number of carboxylic acids is 1. The van der Waals surface area contributed by atoms with Crippen LogP contribution in [-0.2, 0) is 95.9 Å². The number of aliphatic carboxylic acids is 1. The standard InChI is InChI=1S/C84H148N24O25/c1-18-43(8)62(104-78(128)64(84(14,15)16)106(17)79(129)47(12)95-71(121)53(35-60(87)113)100-77(127)63(48(13)112)105-74(124)56(38-110)101-66(116)45(10)93-70(120)51(25-21-29-90-83(88)89)97-68(118)49(86)32-40(2)3)76(126)102-55(37-109)73(123)92-44(9)65(115)91-36-61(114)96-54(34-42(6)7)80(130)108-31-23-27-59(108)81(131)107-30-22-26-58(107)75(125)99-52(33-41(4)5)72(122)98-50(24-19-20-28-85)69(119)94-46(11)67(117)103-57(39-111)82(132)133/h40-59,62-64,109-112H,18-39,85-86H2,1-17H3,(H2,87,113)(H,91,115)(H,92,123)(H,93,120)(H,94,119)(H,95,121)(H,96,114)(H,97,118)(H,98,122)(H,99,125)(H,100,127)(H,101,116)(H,102,126)(H,103,117)(H,104,128)(H,105,124)(H,132,133)(H4,88,89,90)/t43-,44-,45-,46-,47-,48+,49-,50-,51-,52-,53-,54-,55-,56-,57-,58-,59-,62-,63-,64+/m0/s1. The summed E-state index contributed by atoms with van der Waals surface area (Å²) in [6.07, 6.45) is 0.0394. The van der Waals surface area contributed by atoms with Gasteiger partial charge in [-0.25, -0.2) is 4.79 Å². The molecule has 0 unspecified atom stereocenters. The van der Waals surface area contributed by atoms with Crippen molar-refractivity contribution < 1.29 is 121 Å². The number of nitrogens with one attached hydrogen (secondary N) is 15. The summed E-state index contributed by atoms with van der Waals surface area (Å²) in [6.45, 7) is 21.4. The molecule has 19 amide bonds. The molecule has 0 spiro atoms. The number of primary amides is 1. The lowest BCUT2D eigenvalue weighted by Crippen LogP contribution is -2.63. The SMILES string of the molecule is CC[C@H](C)[C@H](NC(=O)[C@@H](N(C)C(=O)[C@H](C)NC(=O)[C@H](CC(N)=O)NC(=O)[C@@H](NC(=O)[C@H](CO)NC(=O)[C@H](C)NC(=O)[C@H](CCCN=C(N)N)NC(=O)[C@@H](N)CC(C)C)[C@@H](C)O)C(C)(C)C)C(=O)N[C@@H](CO)C(=O)N[C@@H](C)C(=O)NCC(=O)N[C@@H](CC(C)C)C(=O)N1CCC[C@H]1C(=O)N1CCC[C@H]1C(=O)N[C@@H](CC(C)C)C(=O)N[C@@H](CCCCN)C(=O)N[C@@H](C)C(=O)N[C@@H](CO)C(=O)O. The van der Waals surface area contributed by atoms with E-state index in [0.717, 1.165) is 11.8 Å². The maximum Gasteiger partial charge on any atom is 0.328 e. The van der Waals surface area contributed by atoms with Crippen LogP contribution in [0.15, 0.2) is 4.99 Å². The summed E-state index contributed by atoms with van der Waals surface area (Å²) in [4.78, 5) is 281. The average molecular weight is 1890 g/mol. The largest absolute Gasteiger partial charge is 0.480 e. The molecule has 49 heteroatoms. The molecule has 754 valence electrons. The molecule has 2 heterocycles. The zero-order chi connectivity index (χ0) is 102. The van der Waals surface area contributed by atoms with E-state index in [0.29, 0.717) is 25.7 Å². The van der Waals surface area contributed by atoms with E-state index in [9.17, 15) is 121 Å². The number of nitrogens with zero attached hydrogens (tertiary/aromatic N) is 4. The Bertz CT molecular complexity index is 4030. The average Bonchev–Trinajstić information content (AvgIpc) is 1.48. The maximum atomic E-state index is 14.7. The van der Waals surface area contributed by atoms with Crippen LogP contribution >= 0.6 is 0 Å². The van der Waals surface area contributed by atoms with Crippen LogP contribution in [0.1, 0.15) is 201 Å². The Morgan fingerprint density at radius 2 is 0.887 bits per heavy atom. The Kier molecular flexibility index (Phi) is 50.5. The van der Waals surface area contributed by atoms with Gasteiger partial charge in [-0.2, -0.15) is 0 Å². The van der Waals surface area contributed by atoms with Gasteiger partial charge in [0.1, 0.15) is 103 Å². The van der Waals surface area contributed by atoms with Crippen molar-refractivity contribution in [2.75, 3.05) is 59.6 Å². The predicted octanol–water partition coefficient (Wildman–Crippen LogP) is -9.16. The van der Waals surface area contributed by atoms with Gasteiger partial charge in [0.15, 0.2) is 5.96 Å². The van der Waals surface area contributed by atoms with Gasteiger partial charge in [-0.15, -0.1) is 0 Å². The summed E-state index contributed by atoms with van der Waals surface area (Å²) >= 11 is 0. The number of likely N-dealkylation sites (N-methyl/N-ethyl adjacent to an activating group) is 1. The number of hydrogen-bond acceptors (Lipinski definition) is 27. The van der Waals surface area contributed by atoms with Gasteiger partial charge in [-0.05, 0) is 147 Å². The van der Waals surface area contributed by atoms with Crippen molar-refractivity contribution in [1.29, 1.82) is 0 Å². The van der Waals surface area contributed by atoms with Crippen LogP contribution in [0.3, 0.4) is 0 Å². The Morgan fingerprint density at radius 3 is 1.38 bits per heavy atom. The molecule has 0 aromatic rings. The van der Waals surface area contributed by atoms with E-state index in [1.165, 1.54) is 44.5 Å². The van der Waals surface area contributed by atoms with Crippen molar-refractivity contribution in [3.8, 4) is 0 Å². The molecule has 0 aromatic carbocycles. The number of amides is 19. The smallest absolute Gasteiger partial charge is 0.328 e. The molecule has 20 atom stereocenters. The lowest BCUT2D eigenvalue weighted by atomic mass is 9.84. The second-order valence-electron chi connectivity index (χ2n) is 36.2. The van der Waals surface area contributed by atoms with Crippen molar-refractivity contribution in [2.45, 2.75) is 316 Å². The number of carboxylic acid groups (broad SMARTS) is 1. The van der Waals surface area contributed by atoms with E-state index in [1.54, 1.807) is 62.3 Å². The predicted molar refractivity (Wildman–Crippen MR) is 481 cm³/mol. The zero-order valence-corrected chi connectivity index (χ0v) is 79.4. The third-order valence-electron chi connectivity index (χ3n) is 22.1. The molecule has 49 nitrogen and oxygen atoms in total. The highest BCUT2D eigenvalue weighted by atomic mass is 16.4. The first-order valence-electron chi connectivity index (χ1n) is 44.9. The number of carbonyl (C=O) groups excluding carboxylic acids is 19. The fourth-order valence-electron chi connectivity index (χ4n) is 14.7. The molecule has 2 saturated heterocycles. The van der Waals surface area contributed by atoms with Gasteiger partial charge in [0, 0.05) is 26.7 Å². The van der Waals surface area contributed by atoms with Gasteiger partial charge in [0.2, 0.25) is 112 Å². The minimum absolute atomic E-state index is 0.0138. The zero-order valence-electron chi connectivity index (χ0n) is 79.4. The van der Waals surface area contributed by atoms with Crippen LogP contribution in [0, 0.1) is 29.1 Å². The molecule has 2 aliphatic heterocycles. The first-order valence-corrected chi connectivity index (χ1v) is 44.9. The fraction of sp³-hybridized carbons (Fsp3) is 0.750. The van der Waals surface area contributed by atoms with E-state index in [4.69, 9.17) is 28.7 Å². The highest BCUT2D eigenvalue weighted by Gasteiger charge is 2.47. The van der Waals surface area contributed by atoms with E-state index in [2.05, 4.69) is 84.7 Å². The van der Waals surface area contributed by atoms with Gasteiger partial charge in [-0.1, -0.05) is 82.6 Å². The van der Waals surface area contributed by atoms with Crippen LogP contribution in [0.25, 0.3) is 0 Å². The van der Waals surface area contributed by atoms with Crippen molar-refractivity contribution in [3.63, 3.8) is 0 Å². The minimum Gasteiger partial charge on any atom is -0.480 e. The first kappa shape index (κ1) is 117. The Balaban J connectivity index is 2.23. The molecule has 0 aromatic heterocycles. The molecule has 0 radical (unpaired) electrons. The second kappa shape index (κ2) is 57.1. The molecule has 2 aliphatic rings. The Labute approximate surface area is 774 Å². The Morgan fingerprint density at radius 1 is 0.459 bits per heavy atom. The number of likely N-dealkylation sites (tertiary alicyclic amines) is 2. The Hall–Kier alpha value is -11.6. The number of aliphatic hydroxyl groups is 4. The van der Waals surface area contributed by atoms with E-state index in [-0.39, 0.29) is 108 Å². The number of nitrogens with two attached hydrogens (primary N) is 5. The first-order chi connectivity index (χ1) is 62.0. The topological polar surface area (TPSA) is 775 Å². The maximum absolute atomic E-state index is 14.7. The van der Waals surface area contributed by atoms with Crippen molar-refractivity contribution in [3.05, 3.63) is 0 Å². The molecule has 2 fully saturated rings. The number of aliphatic hydroxyl groups excluding tert-OH is 4. The van der Waals surface area contributed by atoms with Crippen molar-refractivity contribution >= 4 is 124 Å². The lowest BCUT2D eigenvalue weighted by molar-refractivity contribution is -0.148. The highest BCUT2D eigenvalue weighted by molar-refractivity contribution is 6.02. The molecule has 133 heavy (non-hydrogen) atoms. The number of carbonyl (C=O) groups is 20. The summed E-state index contributed by atoms with van der Waals surface area (Å²) < 4.78 is 0. The quantitative estimate of drug-likeness (QED) is 0.0153. The van der Waals surface area contributed by atoms with Gasteiger partial charge < -0.3 is 149 Å². The van der Waals surface area contributed by atoms with Gasteiger partial charge in [0.25, 0.3) is 0 Å². The minimum atomic E-state index is -1.99. The van der Waals surface area contributed by atoms with Gasteiger partial charge >= 0.3 is 5.97 Å². The van der Waals surface area contributed by atoms with E-state index >= 15 is 0 Å². The van der Waals surface area contributed by atoms with Crippen LogP contribution in [0.5, 0.6) is 0 Å². The summed E-state index contributed by atoms with van der Waals surface area (Å²) in [6, 6.07) is -26.1. The van der Waals surface area contributed by atoms with E-state index < -0.39 is 277 Å². The molecule has 30 N–H and O–H groups in total. The molecule has 2 rings (SSSR count). The second-order valence-corrected chi connectivity index (χ2v) is 36.2. The van der Waals surface area contributed by atoms with Crippen LogP contribution in [0.4, 0.5) is 0 Å². The van der Waals surface area contributed by atoms with E-state index in [1.807, 2.05) is 13.8 Å². The van der Waals surface area contributed by atoms with Crippen LogP contribution in [-0.4, -0.2) is 339 Å². The molecule has 0 aliphatic carbocycles. The summed E-state index contributed by atoms with van der Waals surface area (Å²) in [5.74, 6) is -20.6. The number of aliphatic imine (C=N–C) groups is 1. The molecule has 0 saturated carbocycles. The molecule has 0 bridgehead atoms. The molecular formula is C84H148N24O25. The number of guanidine groups is 1. The highest BCUT2D eigenvalue weighted by Crippen LogP contribution is 2.29. The van der Waals surface area contributed by atoms with Crippen LogP contribution < -0.4 is 108 Å². The van der Waals surface area contributed by atoms with Crippen molar-refractivity contribution in [2.24, 2.45) is 62.7 Å². The summed E-state index contributed by atoms with van der Waals surface area (Å²) in [5.41, 5.74) is 26.9. The lowest BCUT2D eigenvalue weighted by Gasteiger charge is -2.39. The van der Waals surface area contributed by atoms with Crippen LogP contribution in [0.2, 0.25) is 0 Å². The van der Waals surface area contributed by atoms with Gasteiger partial charge in [-0.3, -0.25) is 96.1 Å². The summed E-state index contributed by atoms with van der Waals surface area (Å²) in [7, 11) is 1.20.